The van der Waals surface area contributed by atoms with E-state index < -0.39 is 0 Å². The average Bonchev–Trinajstić information content (AvgIpc) is 2.27. The van der Waals surface area contributed by atoms with Crippen LogP contribution in [-0.4, -0.2) is 17.1 Å². The van der Waals surface area contributed by atoms with E-state index in [9.17, 15) is 0 Å². The van der Waals surface area contributed by atoms with Gasteiger partial charge in [-0.3, -0.25) is 0 Å². The fourth-order valence-corrected chi connectivity index (χ4v) is 1.93. The summed E-state index contributed by atoms with van der Waals surface area (Å²) in [6, 6.07) is 7.41. The number of nitrogens with zero attached hydrogens (tertiary/aromatic N) is 2. The van der Waals surface area contributed by atoms with Gasteiger partial charge in [0.2, 0.25) is 0 Å². The van der Waals surface area contributed by atoms with Crippen molar-refractivity contribution >= 4 is 21.7 Å². The lowest BCUT2D eigenvalue weighted by Crippen LogP contribution is -1.99. The number of ether oxygens (including phenoxy) is 1. The van der Waals surface area contributed by atoms with Crippen molar-refractivity contribution in [1.82, 2.24) is 9.97 Å². The number of hydrogen-bond donors (Lipinski definition) is 1. The van der Waals surface area contributed by atoms with E-state index in [1.54, 1.807) is 13.2 Å². The third kappa shape index (κ3) is 2.55. The first-order chi connectivity index (χ1) is 8.10. The fraction of sp³-hybridized carbons (Fsp3) is 0.167. The van der Waals surface area contributed by atoms with Gasteiger partial charge in [-0.05, 0) is 25.1 Å². The second kappa shape index (κ2) is 4.71. The van der Waals surface area contributed by atoms with Crippen LogP contribution in [-0.2, 0) is 0 Å². The summed E-state index contributed by atoms with van der Waals surface area (Å²) in [5, 5.41) is 0. The molecular formula is C12H12BrN3O. The maximum atomic E-state index is 5.72. The highest BCUT2D eigenvalue weighted by Gasteiger charge is 2.10. The number of nitrogens with two attached hydrogens (primary N) is 1. The Morgan fingerprint density at radius 2 is 2.00 bits per heavy atom. The molecule has 0 unspecified atom stereocenters. The Balaban J connectivity index is 2.62. The zero-order valence-electron chi connectivity index (χ0n) is 9.57. The predicted octanol–water partition coefficient (Wildman–Crippen LogP) is 2.81. The molecule has 0 atom stereocenters. The first kappa shape index (κ1) is 11.9. The van der Waals surface area contributed by atoms with E-state index in [2.05, 4.69) is 25.9 Å². The Labute approximate surface area is 108 Å². The van der Waals surface area contributed by atoms with Crippen molar-refractivity contribution in [3.63, 3.8) is 0 Å². The number of nitrogen functional groups attached to an aromatic ring is 1. The van der Waals surface area contributed by atoms with Gasteiger partial charge < -0.3 is 10.5 Å². The molecule has 2 aromatic rings. The second-order valence-corrected chi connectivity index (χ2v) is 4.52. The van der Waals surface area contributed by atoms with Crippen LogP contribution in [0.3, 0.4) is 0 Å². The van der Waals surface area contributed by atoms with Gasteiger partial charge in [0.05, 0.1) is 12.7 Å². The minimum atomic E-state index is 0.453. The van der Waals surface area contributed by atoms with Crippen molar-refractivity contribution in [3.8, 4) is 17.1 Å². The molecule has 1 heterocycles. The molecule has 4 nitrogen and oxygen atoms in total. The van der Waals surface area contributed by atoms with Gasteiger partial charge in [-0.2, -0.15) is 0 Å². The Hall–Kier alpha value is -1.62. The summed E-state index contributed by atoms with van der Waals surface area (Å²) >= 11 is 3.42. The molecule has 2 N–H and O–H groups in total. The van der Waals surface area contributed by atoms with Crippen LogP contribution in [0.2, 0.25) is 0 Å². The molecule has 0 saturated carbocycles. The summed E-state index contributed by atoms with van der Waals surface area (Å²) in [5.41, 5.74) is 7.37. The van der Waals surface area contributed by atoms with Gasteiger partial charge in [0, 0.05) is 16.2 Å². The summed E-state index contributed by atoms with van der Waals surface area (Å²) in [7, 11) is 1.62. The van der Waals surface area contributed by atoms with Crippen LogP contribution >= 0.6 is 15.9 Å². The minimum Gasteiger partial charge on any atom is -0.496 e. The third-order valence-corrected chi connectivity index (χ3v) is 2.77. The van der Waals surface area contributed by atoms with E-state index in [4.69, 9.17) is 10.5 Å². The Kier molecular flexibility index (Phi) is 3.28. The monoisotopic (exact) mass is 293 g/mol. The summed E-state index contributed by atoms with van der Waals surface area (Å²) in [6.07, 6.45) is 0. The zero-order valence-corrected chi connectivity index (χ0v) is 11.2. The molecule has 17 heavy (non-hydrogen) atoms. The van der Waals surface area contributed by atoms with Gasteiger partial charge >= 0.3 is 0 Å². The number of aryl methyl sites for hydroxylation is 1. The molecule has 1 aromatic carbocycles. The van der Waals surface area contributed by atoms with E-state index in [-0.39, 0.29) is 0 Å². The molecule has 0 saturated heterocycles. The Morgan fingerprint density at radius 1 is 1.24 bits per heavy atom. The highest BCUT2D eigenvalue weighted by Crippen LogP contribution is 2.30. The average molecular weight is 294 g/mol. The van der Waals surface area contributed by atoms with E-state index in [0.29, 0.717) is 11.6 Å². The van der Waals surface area contributed by atoms with Crippen LogP contribution < -0.4 is 10.5 Å². The summed E-state index contributed by atoms with van der Waals surface area (Å²) in [5.74, 6) is 1.74. The fourth-order valence-electron chi connectivity index (χ4n) is 1.57. The Bertz CT molecular complexity index is 537. The van der Waals surface area contributed by atoms with Crippen molar-refractivity contribution in [1.29, 1.82) is 0 Å². The number of anilines is 1. The largest absolute Gasteiger partial charge is 0.496 e. The SMILES string of the molecule is COc1ccc(Br)cc1-c1nc(C)cc(N)n1. The van der Waals surface area contributed by atoms with E-state index >= 15 is 0 Å². The van der Waals surface area contributed by atoms with Crippen LogP contribution in [0.4, 0.5) is 5.82 Å². The summed E-state index contributed by atoms with van der Waals surface area (Å²) in [6.45, 7) is 1.88. The molecule has 0 amide bonds. The quantitative estimate of drug-likeness (QED) is 0.925. The smallest absolute Gasteiger partial charge is 0.165 e. The summed E-state index contributed by atoms with van der Waals surface area (Å²) < 4.78 is 6.23. The topological polar surface area (TPSA) is 61.0 Å². The van der Waals surface area contributed by atoms with Crippen molar-refractivity contribution < 1.29 is 4.74 Å². The maximum absolute atomic E-state index is 5.72. The standard InChI is InChI=1S/C12H12BrN3O/c1-7-5-11(14)16-12(15-7)9-6-8(13)3-4-10(9)17-2/h3-6H,1-2H3,(H2,14,15,16). The lowest BCUT2D eigenvalue weighted by molar-refractivity contribution is 0.416. The first-order valence-electron chi connectivity index (χ1n) is 5.05. The molecule has 0 fully saturated rings. The van der Waals surface area contributed by atoms with Crippen LogP contribution in [0.15, 0.2) is 28.7 Å². The third-order valence-electron chi connectivity index (χ3n) is 2.28. The van der Waals surface area contributed by atoms with Gasteiger partial charge in [-0.25, -0.2) is 9.97 Å². The minimum absolute atomic E-state index is 0.453. The molecule has 2 rings (SSSR count). The molecular weight excluding hydrogens is 282 g/mol. The van der Waals surface area contributed by atoms with Crippen molar-refractivity contribution in [3.05, 3.63) is 34.4 Å². The molecule has 0 aliphatic carbocycles. The summed E-state index contributed by atoms with van der Waals surface area (Å²) in [4.78, 5) is 8.58. The lowest BCUT2D eigenvalue weighted by atomic mass is 10.2. The molecule has 1 aromatic heterocycles. The van der Waals surface area contributed by atoms with E-state index in [0.717, 1.165) is 21.5 Å². The number of methoxy groups -OCH3 is 1. The molecule has 88 valence electrons. The normalized spacial score (nSPS) is 10.3. The Morgan fingerprint density at radius 3 is 2.65 bits per heavy atom. The number of aromatic nitrogens is 2. The van der Waals surface area contributed by atoms with Crippen LogP contribution in [0.1, 0.15) is 5.69 Å². The molecule has 0 aliphatic rings. The van der Waals surface area contributed by atoms with Gasteiger partial charge in [0.15, 0.2) is 5.82 Å². The molecule has 0 aliphatic heterocycles. The molecule has 0 spiro atoms. The number of benzene rings is 1. The van der Waals surface area contributed by atoms with Crippen molar-refractivity contribution in [2.45, 2.75) is 6.92 Å². The van der Waals surface area contributed by atoms with Gasteiger partial charge in [0.25, 0.3) is 0 Å². The van der Waals surface area contributed by atoms with E-state index in [1.165, 1.54) is 0 Å². The van der Waals surface area contributed by atoms with Crippen LogP contribution in [0.25, 0.3) is 11.4 Å². The van der Waals surface area contributed by atoms with Crippen molar-refractivity contribution in [2.24, 2.45) is 0 Å². The number of rotatable bonds is 2. The van der Waals surface area contributed by atoms with E-state index in [1.807, 2.05) is 25.1 Å². The van der Waals surface area contributed by atoms with Crippen LogP contribution in [0, 0.1) is 6.92 Å². The maximum Gasteiger partial charge on any atom is 0.165 e. The number of hydrogen-bond acceptors (Lipinski definition) is 4. The highest BCUT2D eigenvalue weighted by molar-refractivity contribution is 9.10. The first-order valence-corrected chi connectivity index (χ1v) is 5.84. The van der Waals surface area contributed by atoms with Gasteiger partial charge in [-0.15, -0.1) is 0 Å². The number of halogens is 1. The predicted molar refractivity (Wildman–Crippen MR) is 70.9 cm³/mol. The molecule has 0 bridgehead atoms. The molecule has 5 heteroatoms. The van der Waals surface area contributed by atoms with Crippen LogP contribution in [0.5, 0.6) is 5.75 Å². The second-order valence-electron chi connectivity index (χ2n) is 3.60. The highest BCUT2D eigenvalue weighted by atomic mass is 79.9. The van der Waals surface area contributed by atoms with Gasteiger partial charge in [0.1, 0.15) is 11.6 Å². The lowest BCUT2D eigenvalue weighted by Gasteiger charge is -2.08. The zero-order chi connectivity index (χ0) is 12.4. The van der Waals surface area contributed by atoms with Crippen molar-refractivity contribution in [2.75, 3.05) is 12.8 Å². The van der Waals surface area contributed by atoms with Gasteiger partial charge in [-0.1, -0.05) is 15.9 Å². The molecule has 0 radical (unpaired) electrons.